The molecule has 1 rings (SSSR count). The van der Waals surface area contributed by atoms with E-state index in [-0.39, 0.29) is 11.2 Å². The second-order valence-corrected chi connectivity index (χ2v) is 5.27. The maximum Gasteiger partial charge on any atom is 0.135 e. The van der Waals surface area contributed by atoms with Gasteiger partial charge in [0.2, 0.25) is 0 Å². The molecule has 0 bridgehead atoms. The van der Waals surface area contributed by atoms with Crippen LogP contribution in [0.15, 0.2) is 16.6 Å². The van der Waals surface area contributed by atoms with Gasteiger partial charge in [-0.25, -0.2) is 0 Å². The van der Waals surface area contributed by atoms with Gasteiger partial charge in [0, 0.05) is 4.47 Å². The maximum atomic E-state index is 9.48. The van der Waals surface area contributed by atoms with Crippen LogP contribution in [-0.2, 0) is 5.41 Å². The third kappa shape index (κ3) is 2.38. The Morgan fingerprint density at radius 2 is 1.85 bits per heavy atom. The molecule has 13 heavy (non-hydrogen) atoms. The molecule has 0 atom stereocenters. The summed E-state index contributed by atoms with van der Waals surface area (Å²) in [6, 6.07) is 3.63. The molecule has 0 heterocycles. The number of aromatic hydroxyl groups is 1. The van der Waals surface area contributed by atoms with Crippen molar-refractivity contribution in [2.75, 3.05) is 0 Å². The van der Waals surface area contributed by atoms with E-state index in [1.165, 1.54) is 0 Å². The first kappa shape index (κ1) is 10.9. The van der Waals surface area contributed by atoms with Crippen molar-refractivity contribution in [2.45, 2.75) is 26.2 Å². The van der Waals surface area contributed by atoms with Crippen LogP contribution in [-0.4, -0.2) is 5.11 Å². The second kappa shape index (κ2) is 3.50. The highest BCUT2D eigenvalue weighted by atomic mass is 79.9. The molecule has 1 aromatic carbocycles. The van der Waals surface area contributed by atoms with Crippen molar-refractivity contribution in [3.05, 3.63) is 27.2 Å². The van der Waals surface area contributed by atoms with Crippen molar-refractivity contribution in [2.24, 2.45) is 0 Å². The molecule has 3 heteroatoms. The summed E-state index contributed by atoms with van der Waals surface area (Å²) >= 11 is 9.10. The maximum absolute atomic E-state index is 9.48. The van der Waals surface area contributed by atoms with Gasteiger partial charge in [-0.15, -0.1) is 0 Å². The van der Waals surface area contributed by atoms with Gasteiger partial charge in [0.1, 0.15) is 5.75 Å². The minimum atomic E-state index is 0.0184. The van der Waals surface area contributed by atoms with E-state index >= 15 is 0 Å². The molecule has 0 unspecified atom stereocenters. The first-order valence-electron chi connectivity index (χ1n) is 4.01. The number of benzene rings is 1. The molecule has 1 aromatic rings. The van der Waals surface area contributed by atoms with E-state index in [0.29, 0.717) is 5.02 Å². The van der Waals surface area contributed by atoms with Crippen LogP contribution in [0.25, 0.3) is 0 Å². The van der Waals surface area contributed by atoms with E-state index in [4.69, 9.17) is 11.6 Å². The Hall–Kier alpha value is -0.210. The number of hydrogen-bond acceptors (Lipinski definition) is 1. The Balaban J connectivity index is 3.29. The van der Waals surface area contributed by atoms with Crippen LogP contribution in [0.4, 0.5) is 0 Å². The summed E-state index contributed by atoms with van der Waals surface area (Å²) in [5, 5.41) is 9.85. The van der Waals surface area contributed by atoms with Crippen LogP contribution in [0.5, 0.6) is 5.75 Å². The highest BCUT2D eigenvalue weighted by Crippen LogP contribution is 2.36. The molecular formula is C10H12BrClO. The SMILES string of the molecule is CC(C)(C)c1cc(O)c(Cl)c(Br)c1. The molecule has 1 N–H and O–H groups in total. The molecule has 0 aliphatic rings. The molecule has 0 amide bonds. The largest absolute Gasteiger partial charge is 0.506 e. The Labute approximate surface area is 91.9 Å². The zero-order valence-electron chi connectivity index (χ0n) is 7.86. The highest BCUT2D eigenvalue weighted by Gasteiger charge is 2.16. The van der Waals surface area contributed by atoms with Crippen LogP contribution in [0, 0.1) is 0 Å². The van der Waals surface area contributed by atoms with Crippen LogP contribution in [0.2, 0.25) is 5.02 Å². The highest BCUT2D eigenvalue weighted by molar-refractivity contribution is 9.10. The van der Waals surface area contributed by atoms with E-state index in [0.717, 1.165) is 10.0 Å². The summed E-state index contributed by atoms with van der Waals surface area (Å²) in [5.74, 6) is 0.126. The van der Waals surface area contributed by atoms with Crippen molar-refractivity contribution in [3.63, 3.8) is 0 Å². The van der Waals surface area contributed by atoms with E-state index in [9.17, 15) is 5.11 Å². The van der Waals surface area contributed by atoms with Crippen LogP contribution < -0.4 is 0 Å². The summed E-state index contributed by atoms with van der Waals surface area (Å²) < 4.78 is 0.735. The fourth-order valence-electron chi connectivity index (χ4n) is 1.01. The zero-order valence-corrected chi connectivity index (χ0v) is 10.2. The van der Waals surface area contributed by atoms with Crippen molar-refractivity contribution < 1.29 is 5.11 Å². The molecule has 0 saturated heterocycles. The van der Waals surface area contributed by atoms with Crippen LogP contribution in [0.3, 0.4) is 0 Å². The first-order chi connectivity index (χ1) is 5.82. The molecular weight excluding hydrogens is 251 g/mol. The lowest BCUT2D eigenvalue weighted by Gasteiger charge is -2.20. The quantitative estimate of drug-likeness (QED) is 0.747. The lowest BCUT2D eigenvalue weighted by Crippen LogP contribution is -2.10. The van der Waals surface area contributed by atoms with Gasteiger partial charge in [-0.1, -0.05) is 32.4 Å². The fraction of sp³-hybridized carbons (Fsp3) is 0.400. The molecule has 0 radical (unpaired) electrons. The van der Waals surface area contributed by atoms with Crippen molar-refractivity contribution in [1.82, 2.24) is 0 Å². The molecule has 0 spiro atoms. The molecule has 72 valence electrons. The lowest BCUT2D eigenvalue weighted by molar-refractivity contribution is 0.471. The van der Waals surface area contributed by atoms with Gasteiger partial charge in [0.15, 0.2) is 0 Å². The van der Waals surface area contributed by atoms with Gasteiger partial charge in [0.05, 0.1) is 5.02 Å². The predicted molar refractivity (Wildman–Crippen MR) is 59.5 cm³/mol. The molecule has 0 aromatic heterocycles. The number of phenolic OH excluding ortho intramolecular Hbond substituents is 1. The van der Waals surface area contributed by atoms with Gasteiger partial charge in [-0.3, -0.25) is 0 Å². The Bertz CT molecular complexity index is 305. The smallest absolute Gasteiger partial charge is 0.135 e. The summed E-state index contributed by atoms with van der Waals surface area (Å²) in [6.45, 7) is 6.26. The average molecular weight is 264 g/mol. The van der Waals surface area contributed by atoms with Gasteiger partial charge in [-0.05, 0) is 39.0 Å². The van der Waals surface area contributed by atoms with E-state index in [2.05, 4.69) is 36.7 Å². The van der Waals surface area contributed by atoms with Gasteiger partial charge >= 0.3 is 0 Å². The number of phenols is 1. The summed E-state index contributed by atoms with van der Waals surface area (Å²) in [4.78, 5) is 0. The summed E-state index contributed by atoms with van der Waals surface area (Å²) in [7, 11) is 0. The summed E-state index contributed by atoms with van der Waals surface area (Å²) in [5.41, 5.74) is 1.08. The van der Waals surface area contributed by atoms with Crippen molar-refractivity contribution in [1.29, 1.82) is 0 Å². The predicted octanol–water partition coefficient (Wildman–Crippen LogP) is 4.11. The third-order valence-corrected chi connectivity index (χ3v) is 3.13. The van der Waals surface area contributed by atoms with Crippen molar-refractivity contribution >= 4 is 27.5 Å². The van der Waals surface area contributed by atoms with Gasteiger partial charge < -0.3 is 5.11 Å². The first-order valence-corrected chi connectivity index (χ1v) is 5.18. The normalized spacial score (nSPS) is 11.8. The monoisotopic (exact) mass is 262 g/mol. The second-order valence-electron chi connectivity index (χ2n) is 4.04. The number of rotatable bonds is 0. The Morgan fingerprint density at radius 1 is 1.31 bits per heavy atom. The Morgan fingerprint density at radius 3 is 2.23 bits per heavy atom. The zero-order chi connectivity index (χ0) is 10.2. The van der Waals surface area contributed by atoms with E-state index < -0.39 is 0 Å². The average Bonchev–Trinajstić information content (AvgIpc) is 1.97. The van der Waals surface area contributed by atoms with Crippen molar-refractivity contribution in [3.8, 4) is 5.75 Å². The standard InChI is InChI=1S/C10H12BrClO/c1-10(2,3)6-4-7(11)9(12)8(13)5-6/h4-5,13H,1-3H3. The number of halogens is 2. The van der Waals surface area contributed by atoms with Crippen LogP contribution in [0.1, 0.15) is 26.3 Å². The molecule has 1 nitrogen and oxygen atoms in total. The summed E-state index contributed by atoms with van der Waals surface area (Å²) in [6.07, 6.45) is 0. The molecule has 0 aliphatic heterocycles. The lowest BCUT2D eigenvalue weighted by atomic mass is 9.87. The van der Waals surface area contributed by atoms with E-state index in [1.54, 1.807) is 6.07 Å². The Kier molecular flexibility index (Phi) is 2.93. The fourth-order valence-corrected chi connectivity index (χ4v) is 1.57. The molecule has 0 saturated carbocycles. The molecule has 0 aliphatic carbocycles. The topological polar surface area (TPSA) is 20.2 Å². The third-order valence-electron chi connectivity index (χ3n) is 1.88. The minimum Gasteiger partial charge on any atom is -0.506 e. The van der Waals surface area contributed by atoms with Gasteiger partial charge in [0.25, 0.3) is 0 Å². The molecule has 0 fully saturated rings. The number of hydrogen-bond donors (Lipinski definition) is 1. The van der Waals surface area contributed by atoms with Crippen LogP contribution >= 0.6 is 27.5 Å². The minimum absolute atomic E-state index is 0.0184. The van der Waals surface area contributed by atoms with Gasteiger partial charge in [-0.2, -0.15) is 0 Å². The van der Waals surface area contributed by atoms with E-state index in [1.807, 2.05) is 6.07 Å².